The van der Waals surface area contributed by atoms with Crippen LogP contribution < -0.4 is 4.72 Å². The van der Waals surface area contributed by atoms with Crippen LogP contribution >= 0.6 is 27.3 Å². The Kier molecular flexibility index (Phi) is 4.56. The van der Waals surface area contributed by atoms with Crippen LogP contribution in [0.5, 0.6) is 0 Å². The van der Waals surface area contributed by atoms with Gasteiger partial charge in [-0.2, -0.15) is 0 Å². The van der Waals surface area contributed by atoms with E-state index in [1.165, 1.54) is 4.88 Å². The quantitative estimate of drug-likeness (QED) is 0.845. The molecule has 0 aliphatic heterocycles. The van der Waals surface area contributed by atoms with Crippen molar-refractivity contribution in [3.63, 3.8) is 0 Å². The molecule has 0 saturated carbocycles. The normalized spacial score (nSPS) is 14.1. The number of hydrogen-bond donors (Lipinski definition) is 1. The molecule has 1 rings (SSSR count). The molecule has 1 unspecified atom stereocenters. The Hall–Kier alpha value is 0.0900. The van der Waals surface area contributed by atoms with Crippen LogP contribution in [0, 0.1) is 0 Å². The first-order valence-corrected chi connectivity index (χ1v) is 7.77. The zero-order valence-corrected chi connectivity index (χ0v) is 11.0. The van der Waals surface area contributed by atoms with Crippen LogP contribution in [-0.4, -0.2) is 19.1 Å². The lowest BCUT2D eigenvalue weighted by molar-refractivity contribution is 0.566. The summed E-state index contributed by atoms with van der Waals surface area (Å²) in [6.07, 6.45) is 0.740. The third-order valence-corrected chi connectivity index (χ3v) is 5.37. The molecule has 0 radical (unpaired) electrons. The summed E-state index contributed by atoms with van der Waals surface area (Å²) in [5.41, 5.74) is 0. The second-order valence-corrected chi connectivity index (χ2v) is 7.12. The minimum atomic E-state index is -3.15. The fourth-order valence-electron chi connectivity index (χ4n) is 1.11. The highest BCUT2D eigenvalue weighted by Gasteiger charge is 2.13. The average molecular weight is 298 g/mol. The molecule has 0 aromatic carbocycles. The van der Waals surface area contributed by atoms with Crippen LogP contribution in [0.1, 0.15) is 11.8 Å². The maximum Gasteiger partial charge on any atom is 0.221 e. The van der Waals surface area contributed by atoms with Crippen LogP contribution in [0.15, 0.2) is 17.5 Å². The van der Waals surface area contributed by atoms with E-state index in [1.54, 1.807) is 11.3 Å². The van der Waals surface area contributed by atoms with Crippen molar-refractivity contribution in [3.8, 4) is 0 Å². The predicted molar refractivity (Wildman–Crippen MR) is 63.3 cm³/mol. The van der Waals surface area contributed by atoms with Gasteiger partial charge in [-0.25, -0.2) is 13.1 Å². The summed E-state index contributed by atoms with van der Waals surface area (Å²) in [5, 5.41) is 1.99. The van der Waals surface area contributed by atoms with Gasteiger partial charge in [-0.15, -0.1) is 11.3 Å². The van der Waals surface area contributed by atoms with Crippen molar-refractivity contribution in [2.24, 2.45) is 0 Å². The number of sulfonamides is 1. The highest BCUT2D eigenvalue weighted by Crippen LogP contribution is 2.11. The van der Waals surface area contributed by atoms with Gasteiger partial charge in [0.1, 0.15) is 4.66 Å². The van der Waals surface area contributed by atoms with E-state index in [0.29, 0.717) is 0 Å². The van der Waals surface area contributed by atoms with Crippen molar-refractivity contribution in [1.82, 2.24) is 4.72 Å². The summed E-state index contributed by atoms with van der Waals surface area (Å²) in [5.74, 6) is 0. The number of alkyl halides is 1. The Balaban J connectivity index is 2.48. The Labute approximate surface area is 96.7 Å². The number of hydrogen-bond acceptors (Lipinski definition) is 3. The molecule has 6 heteroatoms. The molecule has 0 aliphatic rings. The summed E-state index contributed by atoms with van der Waals surface area (Å²) in [4.78, 5) is 1.19. The Morgan fingerprint density at radius 1 is 1.64 bits per heavy atom. The number of thiophene rings is 1. The second-order valence-electron chi connectivity index (χ2n) is 3.03. The van der Waals surface area contributed by atoms with E-state index in [0.717, 1.165) is 6.42 Å². The SMILES string of the molecule is CC(Cc1cccs1)NS(=O)(=O)CBr. The maximum atomic E-state index is 11.2. The number of halogens is 1. The van der Waals surface area contributed by atoms with Crippen LogP contribution in [-0.2, 0) is 16.4 Å². The van der Waals surface area contributed by atoms with Crippen LogP contribution in [0.25, 0.3) is 0 Å². The first-order chi connectivity index (χ1) is 6.53. The Morgan fingerprint density at radius 3 is 2.86 bits per heavy atom. The summed E-state index contributed by atoms with van der Waals surface area (Å²) >= 11 is 4.57. The van der Waals surface area contributed by atoms with Crippen molar-refractivity contribution >= 4 is 37.3 Å². The molecular formula is C8H12BrNO2S2. The lowest BCUT2D eigenvalue weighted by Crippen LogP contribution is -2.34. The molecule has 14 heavy (non-hydrogen) atoms. The topological polar surface area (TPSA) is 46.2 Å². The van der Waals surface area contributed by atoms with E-state index < -0.39 is 10.0 Å². The van der Waals surface area contributed by atoms with Gasteiger partial charge in [0.2, 0.25) is 10.0 Å². The summed E-state index contributed by atoms with van der Waals surface area (Å²) in [6, 6.07) is 3.91. The Morgan fingerprint density at radius 2 is 2.36 bits per heavy atom. The van der Waals surface area contributed by atoms with Gasteiger partial charge >= 0.3 is 0 Å². The maximum absolute atomic E-state index is 11.2. The molecule has 1 atom stereocenters. The molecule has 0 saturated heterocycles. The molecule has 1 aromatic rings. The summed E-state index contributed by atoms with van der Waals surface area (Å²) in [6.45, 7) is 1.86. The average Bonchev–Trinajstić information content (AvgIpc) is 2.55. The smallest absolute Gasteiger partial charge is 0.212 e. The fraction of sp³-hybridized carbons (Fsp3) is 0.500. The molecule has 0 amide bonds. The fourth-order valence-corrected chi connectivity index (χ4v) is 3.10. The number of rotatable bonds is 5. The Bertz CT molecular complexity index is 361. The van der Waals surface area contributed by atoms with Crippen molar-refractivity contribution in [3.05, 3.63) is 22.4 Å². The van der Waals surface area contributed by atoms with Crippen LogP contribution in [0.4, 0.5) is 0 Å². The summed E-state index contributed by atoms with van der Waals surface area (Å²) < 4.78 is 24.9. The molecule has 0 fully saturated rings. The van der Waals surface area contributed by atoms with Crippen molar-refractivity contribution in [1.29, 1.82) is 0 Å². The van der Waals surface area contributed by atoms with E-state index >= 15 is 0 Å². The van der Waals surface area contributed by atoms with E-state index in [1.807, 2.05) is 24.4 Å². The van der Waals surface area contributed by atoms with Crippen molar-refractivity contribution < 1.29 is 8.42 Å². The van der Waals surface area contributed by atoms with Gasteiger partial charge < -0.3 is 0 Å². The highest BCUT2D eigenvalue weighted by molar-refractivity contribution is 9.10. The zero-order chi connectivity index (χ0) is 10.6. The van der Waals surface area contributed by atoms with Gasteiger partial charge in [-0.05, 0) is 24.8 Å². The third kappa shape index (κ3) is 4.08. The lowest BCUT2D eigenvalue weighted by atomic mass is 10.2. The van der Waals surface area contributed by atoms with Crippen LogP contribution in [0.2, 0.25) is 0 Å². The molecular weight excluding hydrogens is 286 g/mol. The first-order valence-electron chi connectivity index (χ1n) is 4.12. The first kappa shape index (κ1) is 12.2. The molecule has 80 valence electrons. The molecule has 1 heterocycles. The van der Waals surface area contributed by atoms with E-state index in [-0.39, 0.29) is 10.7 Å². The highest BCUT2D eigenvalue weighted by atomic mass is 79.9. The lowest BCUT2D eigenvalue weighted by Gasteiger charge is -2.11. The minimum absolute atomic E-state index is 0.0468. The predicted octanol–water partition coefficient (Wildman–Crippen LogP) is 1.95. The molecule has 1 N–H and O–H groups in total. The van der Waals surface area contributed by atoms with E-state index in [2.05, 4.69) is 20.7 Å². The summed E-state index contributed by atoms with van der Waals surface area (Å²) in [7, 11) is -3.15. The van der Waals surface area contributed by atoms with Gasteiger partial charge in [0.15, 0.2) is 0 Å². The van der Waals surface area contributed by atoms with Crippen molar-refractivity contribution in [2.45, 2.75) is 19.4 Å². The van der Waals surface area contributed by atoms with Gasteiger partial charge in [-0.3, -0.25) is 0 Å². The van der Waals surface area contributed by atoms with Crippen molar-refractivity contribution in [2.75, 3.05) is 4.66 Å². The van der Waals surface area contributed by atoms with E-state index in [4.69, 9.17) is 0 Å². The monoisotopic (exact) mass is 297 g/mol. The molecule has 0 spiro atoms. The molecule has 3 nitrogen and oxygen atoms in total. The largest absolute Gasteiger partial charge is 0.221 e. The third-order valence-electron chi connectivity index (χ3n) is 1.61. The van der Waals surface area contributed by atoms with Gasteiger partial charge in [0.25, 0.3) is 0 Å². The number of nitrogens with one attached hydrogen (secondary N) is 1. The van der Waals surface area contributed by atoms with Gasteiger partial charge in [-0.1, -0.05) is 22.0 Å². The second kappa shape index (κ2) is 5.25. The molecule has 1 aromatic heterocycles. The van der Waals surface area contributed by atoms with Gasteiger partial charge in [0.05, 0.1) is 0 Å². The standard InChI is InChI=1S/C8H12BrNO2S2/c1-7(10-14(11,12)6-9)5-8-3-2-4-13-8/h2-4,7,10H,5-6H2,1H3. The minimum Gasteiger partial charge on any atom is -0.212 e. The molecule has 0 bridgehead atoms. The van der Waals surface area contributed by atoms with E-state index in [9.17, 15) is 8.42 Å². The zero-order valence-electron chi connectivity index (χ0n) is 7.73. The molecule has 0 aliphatic carbocycles. The van der Waals surface area contributed by atoms with Gasteiger partial charge in [0, 0.05) is 10.9 Å². The van der Waals surface area contributed by atoms with Crippen LogP contribution in [0.3, 0.4) is 0 Å².